The fourth-order valence-electron chi connectivity index (χ4n) is 2.54. The highest BCUT2D eigenvalue weighted by Crippen LogP contribution is 2.22. The van der Waals surface area contributed by atoms with Gasteiger partial charge in [-0.05, 0) is 43.2 Å². The first-order valence-corrected chi connectivity index (χ1v) is 8.09. The van der Waals surface area contributed by atoms with Gasteiger partial charge in [-0.25, -0.2) is 4.98 Å². The largest absolute Gasteiger partial charge is 0.441 e. The van der Waals surface area contributed by atoms with Crippen LogP contribution in [0.5, 0.6) is 0 Å². The van der Waals surface area contributed by atoms with Crippen molar-refractivity contribution < 1.29 is 14.3 Å². The van der Waals surface area contributed by atoms with Crippen molar-refractivity contribution in [2.45, 2.75) is 26.9 Å². The molecule has 5 heteroatoms. The SMILES string of the molecule is Cc1ccc(CO)cc1NC(=O)Cc1nc(-c2ccccc2)oc1C. The average molecular weight is 336 g/mol. The van der Waals surface area contributed by atoms with Crippen LogP contribution in [0.4, 0.5) is 5.69 Å². The fourth-order valence-corrected chi connectivity index (χ4v) is 2.54. The Bertz CT molecular complexity index is 885. The van der Waals surface area contributed by atoms with Crippen LogP contribution < -0.4 is 5.32 Å². The lowest BCUT2D eigenvalue weighted by molar-refractivity contribution is -0.115. The minimum absolute atomic E-state index is 0.0635. The summed E-state index contributed by atoms with van der Waals surface area (Å²) >= 11 is 0. The van der Waals surface area contributed by atoms with E-state index in [1.54, 1.807) is 13.0 Å². The molecule has 25 heavy (non-hydrogen) atoms. The Morgan fingerprint density at radius 1 is 1.16 bits per heavy atom. The maximum Gasteiger partial charge on any atom is 0.230 e. The molecule has 0 saturated heterocycles. The average Bonchev–Trinajstić information content (AvgIpc) is 2.98. The van der Waals surface area contributed by atoms with Crippen molar-refractivity contribution >= 4 is 11.6 Å². The van der Waals surface area contributed by atoms with Crippen LogP contribution in [0.15, 0.2) is 52.9 Å². The van der Waals surface area contributed by atoms with Gasteiger partial charge in [0.25, 0.3) is 0 Å². The third-order valence-electron chi connectivity index (χ3n) is 4.00. The van der Waals surface area contributed by atoms with Crippen LogP contribution in [0.3, 0.4) is 0 Å². The Labute approximate surface area is 146 Å². The van der Waals surface area contributed by atoms with Crippen LogP contribution in [0.2, 0.25) is 0 Å². The van der Waals surface area contributed by atoms with E-state index >= 15 is 0 Å². The molecule has 3 aromatic rings. The molecular formula is C20H20N2O3. The first-order valence-electron chi connectivity index (χ1n) is 8.09. The lowest BCUT2D eigenvalue weighted by atomic mass is 10.1. The molecule has 1 amide bonds. The lowest BCUT2D eigenvalue weighted by Crippen LogP contribution is -2.16. The maximum atomic E-state index is 12.4. The summed E-state index contributed by atoms with van der Waals surface area (Å²) in [5.41, 5.74) is 3.88. The van der Waals surface area contributed by atoms with Crippen LogP contribution in [0, 0.1) is 13.8 Å². The highest BCUT2D eigenvalue weighted by molar-refractivity contribution is 5.93. The molecule has 0 saturated carbocycles. The van der Waals surface area contributed by atoms with Gasteiger partial charge in [-0.2, -0.15) is 0 Å². The number of oxazole rings is 1. The van der Waals surface area contributed by atoms with E-state index in [9.17, 15) is 9.90 Å². The summed E-state index contributed by atoms with van der Waals surface area (Å²) < 4.78 is 5.69. The number of aromatic nitrogens is 1. The maximum absolute atomic E-state index is 12.4. The van der Waals surface area contributed by atoms with E-state index in [1.807, 2.05) is 49.4 Å². The molecule has 128 valence electrons. The summed E-state index contributed by atoms with van der Waals surface area (Å²) in [6.07, 6.45) is 0.130. The number of aryl methyl sites for hydroxylation is 2. The number of carbonyl (C=O) groups excluding carboxylic acids is 1. The van der Waals surface area contributed by atoms with Crippen LogP contribution in [-0.2, 0) is 17.8 Å². The number of aliphatic hydroxyl groups excluding tert-OH is 1. The van der Waals surface area contributed by atoms with Crippen molar-refractivity contribution in [2.75, 3.05) is 5.32 Å². The highest BCUT2D eigenvalue weighted by atomic mass is 16.4. The zero-order valence-corrected chi connectivity index (χ0v) is 14.2. The van der Waals surface area contributed by atoms with E-state index in [0.717, 1.165) is 16.7 Å². The van der Waals surface area contributed by atoms with Crippen molar-refractivity contribution in [2.24, 2.45) is 0 Å². The van der Waals surface area contributed by atoms with E-state index in [4.69, 9.17) is 4.42 Å². The molecule has 0 atom stereocenters. The Balaban J connectivity index is 1.75. The van der Waals surface area contributed by atoms with Crippen molar-refractivity contribution in [1.82, 2.24) is 4.98 Å². The van der Waals surface area contributed by atoms with Gasteiger partial charge in [-0.1, -0.05) is 30.3 Å². The van der Waals surface area contributed by atoms with Crippen molar-refractivity contribution in [3.8, 4) is 11.5 Å². The topological polar surface area (TPSA) is 75.4 Å². The number of rotatable bonds is 5. The molecule has 0 radical (unpaired) electrons. The Morgan fingerprint density at radius 3 is 2.64 bits per heavy atom. The zero-order chi connectivity index (χ0) is 17.8. The number of amides is 1. The van der Waals surface area contributed by atoms with E-state index in [0.29, 0.717) is 23.0 Å². The minimum atomic E-state index is -0.172. The van der Waals surface area contributed by atoms with Gasteiger partial charge < -0.3 is 14.8 Å². The molecule has 0 bridgehead atoms. The second kappa shape index (κ2) is 7.32. The summed E-state index contributed by atoms with van der Waals surface area (Å²) in [4.78, 5) is 16.8. The summed E-state index contributed by atoms with van der Waals surface area (Å²) in [5.74, 6) is 0.975. The smallest absolute Gasteiger partial charge is 0.230 e. The first kappa shape index (κ1) is 16.9. The predicted octanol–water partition coefficient (Wildman–Crippen LogP) is 3.63. The molecule has 2 aromatic carbocycles. The summed E-state index contributed by atoms with van der Waals surface area (Å²) in [7, 11) is 0. The third-order valence-corrected chi connectivity index (χ3v) is 4.00. The molecule has 5 nitrogen and oxygen atoms in total. The van der Waals surface area contributed by atoms with Gasteiger partial charge in [-0.15, -0.1) is 0 Å². The quantitative estimate of drug-likeness (QED) is 0.746. The molecule has 0 spiro atoms. The molecular weight excluding hydrogens is 316 g/mol. The van der Waals surface area contributed by atoms with E-state index in [-0.39, 0.29) is 18.9 Å². The van der Waals surface area contributed by atoms with Gasteiger partial charge in [0, 0.05) is 11.3 Å². The molecule has 1 aromatic heterocycles. The molecule has 0 aliphatic heterocycles. The molecule has 1 heterocycles. The number of nitrogens with one attached hydrogen (secondary N) is 1. The number of benzene rings is 2. The molecule has 2 N–H and O–H groups in total. The molecule has 3 rings (SSSR count). The van der Waals surface area contributed by atoms with Crippen LogP contribution in [0.25, 0.3) is 11.5 Å². The number of nitrogens with zero attached hydrogens (tertiary/aromatic N) is 1. The number of hydrogen-bond donors (Lipinski definition) is 2. The molecule has 0 unspecified atom stereocenters. The predicted molar refractivity (Wildman–Crippen MR) is 96.1 cm³/mol. The second-order valence-corrected chi connectivity index (χ2v) is 5.92. The third kappa shape index (κ3) is 3.95. The van der Waals surface area contributed by atoms with Gasteiger partial charge in [0.1, 0.15) is 5.76 Å². The Kier molecular flexibility index (Phi) is 4.95. The van der Waals surface area contributed by atoms with E-state index in [2.05, 4.69) is 10.3 Å². The molecule has 0 aliphatic rings. The summed E-state index contributed by atoms with van der Waals surface area (Å²) in [6, 6.07) is 15.1. The van der Waals surface area contributed by atoms with E-state index < -0.39 is 0 Å². The molecule has 0 aliphatic carbocycles. The molecule has 0 fully saturated rings. The second-order valence-electron chi connectivity index (χ2n) is 5.92. The number of hydrogen-bond acceptors (Lipinski definition) is 4. The standard InChI is InChI=1S/C20H20N2O3/c1-13-8-9-15(12-23)10-17(13)21-19(24)11-18-14(2)25-20(22-18)16-6-4-3-5-7-16/h3-10,23H,11-12H2,1-2H3,(H,21,24). The Hall–Kier alpha value is -2.92. The highest BCUT2D eigenvalue weighted by Gasteiger charge is 2.15. The normalized spacial score (nSPS) is 10.7. The monoisotopic (exact) mass is 336 g/mol. The minimum Gasteiger partial charge on any atom is -0.441 e. The van der Waals surface area contributed by atoms with Crippen LogP contribution >= 0.6 is 0 Å². The summed E-state index contributed by atoms with van der Waals surface area (Å²) in [6.45, 7) is 3.65. The van der Waals surface area contributed by atoms with Gasteiger partial charge in [0.15, 0.2) is 0 Å². The first-order chi connectivity index (χ1) is 12.1. The van der Waals surface area contributed by atoms with Gasteiger partial charge in [0.05, 0.1) is 18.7 Å². The summed E-state index contributed by atoms with van der Waals surface area (Å²) in [5, 5.41) is 12.1. The number of anilines is 1. The van der Waals surface area contributed by atoms with Crippen molar-refractivity contribution in [3.63, 3.8) is 0 Å². The van der Waals surface area contributed by atoms with Gasteiger partial charge in [0.2, 0.25) is 11.8 Å². The van der Waals surface area contributed by atoms with Crippen LogP contribution in [0.1, 0.15) is 22.6 Å². The Morgan fingerprint density at radius 2 is 1.92 bits per heavy atom. The van der Waals surface area contributed by atoms with Crippen molar-refractivity contribution in [3.05, 3.63) is 71.1 Å². The number of carbonyl (C=O) groups is 1. The lowest BCUT2D eigenvalue weighted by Gasteiger charge is -2.09. The van der Waals surface area contributed by atoms with Gasteiger partial charge in [-0.3, -0.25) is 4.79 Å². The van der Waals surface area contributed by atoms with Crippen molar-refractivity contribution in [1.29, 1.82) is 0 Å². The van der Waals surface area contributed by atoms with Crippen LogP contribution in [-0.4, -0.2) is 16.0 Å². The van der Waals surface area contributed by atoms with E-state index in [1.165, 1.54) is 0 Å². The zero-order valence-electron chi connectivity index (χ0n) is 14.2. The van der Waals surface area contributed by atoms with Gasteiger partial charge >= 0.3 is 0 Å². The fraction of sp³-hybridized carbons (Fsp3) is 0.200. The number of aliphatic hydroxyl groups is 1.